The number of rotatable bonds is 9. The third-order valence-corrected chi connectivity index (χ3v) is 5.57. The van der Waals surface area contributed by atoms with Gasteiger partial charge in [-0.3, -0.25) is 0 Å². The molecule has 1 N–H and O–H groups in total. The Morgan fingerprint density at radius 1 is 0.935 bits per heavy atom. The standard InChI is InChI=1S/C24H23BrFNO4/c1-2-28-23-10-18(13-27-12-16-7-8-21-22(9-16)31-15-30-21)19(25)11-24(23)29-14-17-5-3-4-6-20(17)26/h3-11,27H,2,12-15H2,1H3. The average Bonchev–Trinajstić information content (AvgIpc) is 3.24. The van der Waals surface area contributed by atoms with Crippen LogP contribution in [0.2, 0.25) is 0 Å². The average molecular weight is 488 g/mol. The maximum absolute atomic E-state index is 13.9. The molecule has 0 bridgehead atoms. The first kappa shape index (κ1) is 21.5. The quantitative estimate of drug-likeness (QED) is 0.426. The van der Waals surface area contributed by atoms with Crippen LogP contribution >= 0.6 is 15.9 Å². The zero-order chi connectivity index (χ0) is 21.6. The molecule has 3 aromatic rings. The van der Waals surface area contributed by atoms with E-state index in [4.69, 9.17) is 18.9 Å². The van der Waals surface area contributed by atoms with Crippen molar-refractivity contribution in [3.05, 3.63) is 81.6 Å². The number of hydrogen-bond donors (Lipinski definition) is 1. The molecule has 0 unspecified atom stereocenters. The fourth-order valence-corrected chi connectivity index (χ4v) is 3.72. The van der Waals surface area contributed by atoms with Gasteiger partial charge in [0.15, 0.2) is 23.0 Å². The molecule has 1 aliphatic rings. The zero-order valence-corrected chi connectivity index (χ0v) is 18.7. The molecule has 0 amide bonds. The summed E-state index contributed by atoms with van der Waals surface area (Å²) >= 11 is 3.61. The second-order valence-corrected chi connectivity index (χ2v) is 7.85. The summed E-state index contributed by atoms with van der Waals surface area (Å²) in [4.78, 5) is 0. The summed E-state index contributed by atoms with van der Waals surface area (Å²) in [5, 5.41) is 3.43. The van der Waals surface area contributed by atoms with E-state index < -0.39 is 0 Å². The Kier molecular flexibility index (Phi) is 6.94. The highest BCUT2D eigenvalue weighted by atomic mass is 79.9. The largest absolute Gasteiger partial charge is 0.490 e. The number of nitrogens with one attached hydrogen (secondary N) is 1. The first-order valence-corrected chi connectivity index (χ1v) is 10.8. The van der Waals surface area contributed by atoms with Crippen molar-refractivity contribution in [1.82, 2.24) is 5.32 Å². The molecule has 1 aliphatic heterocycles. The van der Waals surface area contributed by atoms with Gasteiger partial charge in [-0.15, -0.1) is 0 Å². The summed E-state index contributed by atoms with van der Waals surface area (Å²) in [6, 6.07) is 16.3. The van der Waals surface area contributed by atoms with Crippen LogP contribution < -0.4 is 24.3 Å². The van der Waals surface area contributed by atoms with Crippen molar-refractivity contribution in [2.45, 2.75) is 26.6 Å². The van der Waals surface area contributed by atoms with Crippen LogP contribution in [-0.2, 0) is 19.7 Å². The fourth-order valence-electron chi connectivity index (χ4n) is 3.26. The van der Waals surface area contributed by atoms with Crippen LogP contribution in [0.4, 0.5) is 4.39 Å². The molecular formula is C24H23BrFNO4. The highest BCUT2D eigenvalue weighted by Gasteiger charge is 2.14. The van der Waals surface area contributed by atoms with Crippen molar-refractivity contribution in [3.8, 4) is 23.0 Å². The first-order chi connectivity index (χ1) is 15.1. The lowest BCUT2D eigenvalue weighted by atomic mass is 10.1. The molecule has 4 rings (SSSR count). The molecule has 162 valence electrons. The highest BCUT2D eigenvalue weighted by Crippen LogP contribution is 2.35. The molecule has 0 saturated heterocycles. The monoisotopic (exact) mass is 487 g/mol. The minimum Gasteiger partial charge on any atom is -0.490 e. The van der Waals surface area contributed by atoms with E-state index in [-0.39, 0.29) is 19.2 Å². The normalized spacial score (nSPS) is 12.1. The van der Waals surface area contributed by atoms with Gasteiger partial charge in [-0.2, -0.15) is 0 Å². The van der Waals surface area contributed by atoms with Crippen LogP contribution in [0.15, 0.2) is 59.1 Å². The molecule has 0 radical (unpaired) electrons. The van der Waals surface area contributed by atoms with E-state index in [1.807, 2.05) is 37.3 Å². The minimum atomic E-state index is -0.288. The van der Waals surface area contributed by atoms with Gasteiger partial charge in [-0.1, -0.05) is 40.2 Å². The van der Waals surface area contributed by atoms with Crippen LogP contribution in [-0.4, -0.2) is 13.4 Å². The van der Waals surface area contributed by atoms with Gasteiger partial charge < -0.3 is 24.3 Å². The summed E-state index contributed by atoms with van der Waals surface area (Å²) in [6.07, 6.45) is 0. The van der Waals surface area contributed by atoms with E-state index in [1.165, 1.54) is 6.07 Å². The maximum atomic E-state index is 13.9. The molecule has 31 heavy (non-hydrogen) atoms. The Balaban J connectivity index is 1.42. The molecule has 0 fully saturated rings. The third kappa shape index (κ3) is 5.29. The van der Waals surface area contributed by atoms with E-state index in [9.17, 15) is 4.39 Å². The predicted molar refractivity (Wildman–Crippen MR) is 119 cm³/mol. The van der Waals surface area contributed by atoms with Gasteiger partial charge in [-0.25, -0.2) is 4.39 Å². The van der Waals surface area contributed by atoms with Gasteiger partial charge in [-0.05, 0) is 48.4 Å². The molecule has 0 aromatic heterocycles. The molecule has 7 heteroatoms. The SMILES string of the molecule is CCOc1cc(CNCc2ccc3c(c2)OCO3)c(Br)cc1OCc1ccccc1F. The zero-order valence-electron chi connectivity index (χ0n) is 17.1. The van der Waals surface area contributed by atoms with Crippen molar-refractivity contribution >= 4 is 15.9 Å². The molecule has 0 saturated carbocycles. The predicted octanol–water partition coefficient (Wildman–Crippen LogP) is 5.58. The Morgan fingerprint density at radius 3 is 2.58 bits per heavy atom. The number of fused-ring (bicyclic) bond motifs is 1. The second-order valence-electron chi connectivity index (χ2n) is 6.99. The van der Waals surface area contributed by atoms with E-state index in [0.717, 1.165) is 27.1 Å². The summed E-state index contributed by atoms with van der Waals surface area (Å²) < 4.78 is 37.2. The van der Waals surface area contributed by atoms with Crippen molar-refractivity contribution < 1.29 is 23.3 Å². The Morgan fingerprint density at radius 2 is 1.74 bits per heavy atom. The Bertz CT molecular complexity index is 1060. The molecular weight excluding hydrogens is 465 g/mol. The van der Waals surface area contributed by atoms with Gasteiger partial charge in [0.1, 0.15) is 12.4 Å². The summed E-state index contributed by atoms with van der Waals surface area (Å²) in [7, 11) is 0. The lowest BCUT2D eigenvalue weighted by Crippen LogP contribution is -2.13. The van der Waals surface area contributed by atoms with Gasteiger partial charge in [0.25, 0.3) is 0 Å². The number of halogens is 2. The topological polar surface area (TPSA) is 49.0 Å². The van der Waals surface area contributed by atoms with Gasteiger partial charge in [0.05, 0.1) is 6.61 Å². The van der Waals surface area contributed by atoms with Crippen molar-refractivity contribution in [1.29, 1.82) is 0 Å². The summed E-state index contributed by atoms with van der Waals surface area (Å²) in [5.74, 6) is 2.46. The third-order valence-electron chi connectivity index (χ3n) is 4.84. The van der Waals surface area contributed by atoms with Crippen molar-refractivity contribution in [2.75, 3.05) is 13.4 Å². The van der Waals surface area contributed by atoms with Gasteiger partial charge >= 0.3 is 0 Å². The first-order valence-electron chi connectivity index (χ1n) is 10.0. The van der Waals surface area contributed by atoms with E-state index in [1.54, 1.807) is 18.2 Å². The highest BCUT2D eigenvalue weighted by molar-refractivity contribution is 9.10. The van der Waals surface area contributed by atoms with E-state index in [2.05, 4.69) is 21.2 Å². The Hall–Kier alpha value is -2.77. The lowest BCUT2D eigenvalue weighted by Gasteiger charge is -2.16. The Labute approximate surface area is 189 Å². The van der Waals surface area contributed by atoms with Crippen LogP contribution in [0.5, 0.6) is 23.0 Å². The number of benzene rings is 3. The molecule has 0 atom stereocenters. The van der Waals surface area contributed by atoms with Crippen LogP contribution in [0, 0.1) is 5.82 Å². The number of hydrogen-bond acceptors (Lipinski definition) is 5. The summed E-state index contributed by atoms with van der Waals surface area (Å²) in [6.45, 7) is 4.12. The summed E-state index contributed by atoms with van der Waals surface area (Å²) in [5.41, 5.74) is 2.63. The van der Waals surface area contributed by atoms with E-state index >= 15 is 0 Å². The van der Waals surface area contributed by atoms with E-state index in [0.29, 0.717) is 36.8 Å². The molecule has 3 aromatic carbocycles. The van der Waals surface area contributed by atoms with Crippen LogP contribution in [0.25, 0.3) is 0 Å². The fraction of sp³-hybridized carbons (Fsp3) is 0.250. The molecule has 1 heterocycles. The smallest absolute Gasteiger partial charge is 0.231 e. The molecule has 5 nitrogen and oxygen atoms in total. The number of ether oxygens (including phenoxy) is 4. The second kappa shape index (κ2) is 10.0. The van der Waals surface area contributed by atoms with Crippen LogP contribution in [0.3, 0.4) is 0 Å². The molecule has 0 spiro atoms. The molecule has 0 aliphatic carbocycles. The lowest BCUT2D eigenvalue weighted by molar-refractivity contribution is 0.174. The van der Waals surface area contributed by atoms with Gasteiger partial charge in [0, 0.05) is 23.1 Å². The van der Waals surface area contributed by atoms with Crippen molar-refractivity contribution in [2.24, 2.45) is 0 Å². The minimum absolute atomic E-state index is 0.126. The van der Waals surface area contributed by atoms with Crippen LogP contribution in [0.1, 0.15) is 23.6 Å². The van der Waals surface area contributed by atoms with Crippen molar-refractivity contribution in [3.63, 3.8) is 0 Å². The maximum Gasteiger partial charge on any atom is 0.231 e. The van der Waals surface area contributed by atoms with Gasteiger partial charge in [0.2, 0.25) is 6.79 Å².